The summed E-state index contributed by atoms with van der Waals surface area (Å²) in [5.41, 5.74) is 2.93. The van der Waals surface area contributed by atoms with Crippen LogP contribution in [0.25, 0.3) is 5.65 Å². The number of hydrogen-bond donors (Lipinski definition) is 2. The summed E-state index contributed by atoms with van der Waals surface area (Å²) in [5.74, 6) is 6.06. The first-order chi connectivity index (χ1) is 9.96. The average molecular weight is 309 g/mol. The second kappa shape index (κ2) is 4.97. The van der Waals surface area contributed by atoms with E-state index in [1.807, 2.05) is 6.92 Å². The third-order valence-corrected chi connectivity index (χ3v) is 6.09. The van der Waals surface area contributed by atoms with Gasteiger partial charge in [-0.05, 0) is 37.8 Å². The maximum atomic E-state index is 12.9. The normalized spacial score (nSPS) is 17.3. The Bertz CT molecular complexity index is 766. The summed E-state index contributed by atoms with van der Waals surface area (Å²) in [4.78, 5) is 4.22. The number of nitrogens with one attached hydrogen (secondary N) is 1. The minimum Gasteiger partial charge on any atom is -0.306 e. The van der Waals surface area contributed by atoms with Crippen molar-refractivity contribution in [3.8, 4) is 0 Å². The van der Waals surface area contributed by atoms with E-state index in [1.54, 1.807) is 35.8 Å². The van der Waals surface area contributed by atoms with Crippen molar-refractivity contribution in [1.29, 1.82) is 0 Å². The van der Waals surface area contributed by atoms with E-state index in [1.165, 1.54) is 4.31 Å². The van der Waals surface area contributed by atoms with Crippen molar-refractivity contribution in [2.24, 2.45) is 11.8 Å². The molecule has 1 atom stereocenters. The van der Waals surface area contributed by atoms with Crippen LogP contribution in [0.15, 0.2) is 29.4 Å². The molecule has 0 radical (unpaired) electrons. The van der Waals surface area contributed by atoms with E-state index in [4.69, 9.17) is 5.84 Å². The monoisotopic (exact) mass is 309 g/mol. The Morgan fingerprint density at radius 2 is 2.19 bits per heavy atom. The molecule has 0 amide bonds. The summed E-state index contributed by atoms with van der Waals surface area (Å²) in [5, 5.41) is 0.0793. The fourth-order valence-electron chi connectivity index (χ4n) is 2.54. The van der Waals surface area contributed by atoms with Gasteiger partial charge in [-0.2, -0.15) is 4.31 Å². The van der Waals surface area contributed by atoms with E-state index in [2.05, 4.69) is 10.4 Å². The van der Waals surface area contributed by atoms with E-state index in [0.717, 1.165) is 12.8 Å². The SMILES string of the molecule is CC(C1CC1)N(C)S(=O)(=O)c1c(NN)nc2ccccn12. The van der Waals surface area contributed by atoms with Gasteiger partial charge in [0.15, 0.2) is 5.82 Å². The van der Waals surface area contributed by atoms with Gasteiger partial charge in [-0.3, -0.25) is 4.40 Å². The van der Waals surface area contributed by atoms with Crippen LogP contribution in [0.5, 0.6) is 0 Å². The van der Waals surface area contributed by atoms with Gasteiger partial charge in [0.25, 0.3) is 10.0 Å². The summed E-state index contributed by atoms with van der Waals surface area (Å²) in [6, 6.07) is 5.27. The Hall–Kier alpha value is -1.64. The van der Waals surface area contributed by atoms with Gasteiger partial charge in [0.2, 0.25) is 5.03 Å². The van der Waals surface area contributed by atoms with Crippen molar-refractivity contribution in [3.63, 3.8) is 0 Å². The van der Waals surface area contributed by atoms with Gasteiger partial charge in [-0.15, -0.1) is 0 Å². The number of nitrogens with two attached hydrogens (primary N) is 1. The maximum absolute atomic E-state index is 12.9. The lowest BCUT2D eigenvalue weighted by Gasteiger charge is -2.24. The number of fused-ring (bicyclic) bond motifs is 1. The first-order valence-electron chi connectivity index (χ1n) is 6.88. The fraction of sp³-hybridized carbons (Fsp3) is 0.462. The number of aromatic nitrogens is 2. The highest BCUT2D eigenvalue weighted by molar-refractivity contribution is 7.89. The van der Waals surface area contributed by atoms with Crippen LogP contribution in [0.3, 0.4) is 0 Å². The first kappa shape index (κ1) is 14.3. The van der Waals surface area contributed by atoms with E-state index in [0.29, 0.717) is 11.6 Å². The van der Waals surface area contributed by atoms with Crippen molar-refractivity contribution >= 4 is 21.5 Å². The molecule has 114 valence electrons. The molecule has 0 aromatic carbocycles. The van der Waals surface area contributed by atoms with Crippen LogP contribution in [0, 0.1) is 5.92 Å². The molecule has 1 aliphatic rings. The van der Waals surface area contributed by atoms with Crippen LogP contribution < -0.4 is 11.3 Å². The van der Waals surface area contributed by atoms with Gasteiger partial charge in [0.1, 0.15) is 5.65 Å². The highest BCUT2D eigenvalue weighted by atomic mass is 32.2. The van der Waals surface area contributed by atoms with Gasteiger partial charge in [-0.25, -0.2) is 19.2 Å². The molecule has 7 nitrogen and oxygen atoms in total. The van der Waals surface area contributed by atoms with Gasteiger partial charge >= 0.3 is 0 Å². The van der Waals surface area contributed by atoms with Crippen LogP contribution >= 0.6 is 0 Å². The molecule has 2 heterocycles. The zero-order chi connectivity index (χ0) is 15.2. The molecule has 1 saturated carbocycles. The van der Waals surface area contributed by atoms with E-state index < -0.39 is 10.0 Å². The third kappa shape index (κ3) is 2.29. The number of anilines is 1. The van der Waals surface area contributed by atoms with Crippen molar-refractivity contribution in [2.45, 2.75) is 30.8 Å². The molecule has 3 N–H and O–H groups in total. The Morgan fingerprint density at radius 1 is 1.48 bits per heavy atom. The average Bonchev–Trinajstić information content (AvgIpc) is 3.24. The predicted octanol–water partition coefficient (Wildman–Crippen LogP) is 1.04. The molecule has 1 unspecified atom stereocenters. The number of sulfonamides is 1. The van der Waals surface area contributed by atoms with Crippen molar-refractivity contribution in [2.75, 3.05) is 12.5 Å². The van der Waals surface area contributed by atoms with Gasteiger partial charge in [0, 0.05) is 19.3 Å². The minimum absolute atomic E-state index is 0.0325. The summed E-state index contributed by atoms with van der Waals surface area (Å²) in [7, 11) is -2.07. The highest BCUT2D eigenvalue weighted by Gasteiger charge is 2.38. The van der Waals surface area contributed by atoms with E-state index in [-0.39, 0.29) is 16.9 Å². The van der Waals surface area contributed by atoms with Crippen LogP contribution in [0.2, 0.25) is 0 Å². The zero-order valence-electron chi connectivity index (χ0n) is 12.0. The molecule has 3 rings (SSSR count). The number of nitrogens with zero attached hydrogens (tertiary/aromatic N) is 3. The molecule has 0 bridgehead atoms. The predicted molar refractivity (Wildman–Crippen MR) is 80.1 cm³/mol. The number of hydrogen-bond acceptors (Lipinski definition) is 5. The van der Waals surface area contributed by atoms with Gasteiger partial charge in [0.05, 0.1) is 0 Å². The number of hydrazine groups is 1. The lowest BCUT2D eigenvalue weighted by molar-refractivity contribution is 0.355. The van der Waals surface area contributed by atoms with Gasteiger partial charge in [-0.1, -0.05) is 6.07 Å². The maximum Gasteiger partial charge on any atom is 0.262 e. The molecule has 0 aliphatic heterocycles. The summed E-state index contributed by atoms with van der Waals surface area (Å²) >= 11 is 0. The lowest BCUT2D eigenvalue weighted by atomic mass is 10.2. The largest absolute Gasteiger partial charge is 0.306 e. The smallest absolute Gasteiger partial charge is 0.262 e. The number of rotatable bonds is 5. The fourth-order valence-corrected chi connectivity index (χ4v) is 4.18. The number of pyridine rings is 1. The standard InChI is InChI=1S/C13H19N5O2S/c1-9(10-6-7-10)17(2)21(19,20)13-12(16-14)15-11-5-3-4-8-18(11)13/h3-5,8-10,16H,6-7,14H2,1-2H3. The quantitative estimate of drug-likeness (QED) is 0.636. The van der Waals surface area contributed by atoms with Crippen molar-refractivity contribution in [1.82, 2.24) is 13.7 Å². The van der Waals surface area contributed by atoms with Crippen LogP contribution in [0.1, 0.15) is 19.8 Å². The Labute approximate surface area is 123 Å². The number of nitrogen functional groups attached to an aromatic ring is 1. The third-order valence-electron chi connectivity index (χ3n) is 4.12. The van der Waals surface area contributed by atoms with E-state index >= 15 is 0 Å². The Morgan fingerprint density at radius 3 is 2.81 bits per heavy atom. The van der Waals surface area contributed by atoms with E-state index in [9.17, 15) is 8.42 Å². The molecule has 0 saturated heterocycles. The molecule has 2 aromatic heterocycles. The second-order valence-corrected chi connectivity index (χ2v) is 7.35. The molecule has 2 aromatic rings. The highest BCUT2D eigenvalue weighted by Crippen LogP contribution is 2.37. The Kier molecular flexibility index (Phi) is 3.39. The number of imidazole rings is 1. The topological polar surface area (TPSA) is 92.7 Å². The molecular weight excluding hydrogens is 290 g/mol. The summed E-state index contributed by atoms with van der Waals surface area (Å²) < 4.78 is 28.8. The molecular formula is C13H19N5O2S. The molecule has 21 heavy (non-hydrogen) atoms. The van der Waals surface area contributed by atoms with Crippen molar-refractivity contribution in [3.05, 3.63) is 24.4 Å². The first-order valence-corrected chi connectivity index (χ1v) is 8.32. The van der Waals surface area contributed by atoms with Crippen LogP contribution in [0.4, 0.5) is 5.82 Å². The van der Waals surface area contributed by atoms with Crippen LogP contribution in [-0.2, 0) is 10.0 Å². The Balaban J connectivity index is 2.13. The van der Waals surface area contributed by atoms with Gasteiger partial charge < -0.3 is 5.43 Å². The second-order valence-electron chi connectivity index (χ2n) is 5.44. The summed E-state index contributed by atoms with van der Waals surface area (Å²) in [6.45, 7) is 1.94. The molecule has 0 spiro atoms. The molecule has 1 aliphatic carbocycles. The minimum atomic E-state index is -3.68. The van der Waals surface area contributed by atoms with Crippen LogP contribution in [-0.4, -0.2) is 35.2 Å². The van der Waals surface area contributed by atoms with Crippen molar-refractivity contribution < 1.29 is 8.42 Å². The summed E-state index contributed by atoms with van der Waals surface area (Å²) in [6.07, 6.45) is 3.83. The lowest BCUT2D eigenvalue weighted by Crippen LogP contribution is -2.37. The molecule has 1 fully saturated rings. The zero-order valence-corrected chi connectivity index (χ0v) is 12.8. The molecule has 8 heteroatoms.